The Morgan fingerprint density at radius 3 is 2.74 bits per heavy atom. The molecule has 19 heavy (non-hydrogen) atoms. The van der Waals surface area contributed by atoms with Gasteiger partial charge in [0.15, 0.2) is 0 Å². The first-order valence-electron chi connectivity index (χ1n) is 7.68. The molecule has 0 amide bonds. The monoisotopic (exact) mass is 260 g/mol. The highest BCUT2D eigenvalue weighted by Gasteiger charge is 2.23. The fourth-order valence-electron chi connectivity index (χ4n) is 3.04. The minimum Gasteiger partial charge on any atom is -0.368 e. The Bertz CT molecular complexity index is 414. The lowest BCUT2D eigenvalue weighted by Gasteiger charge is -2.39. The minimum absolute atomic E-state index is 0.675. The Morgan fingerprint density at radius 2 is 2.05 bits per heavy atom. The predicted octanol–water partition coefficient (Wildman–Crippen LogP) is 3.73. The molecule has 2 unspecified atom stereocenters. The van der Waals surface area contributed by atoms with Crippen molar-refractivity contribution in [2.45, 2.75) is 53.1 Å². The third-order valence-corrected chi connectivity index (χ3v) is 4.27. The quantitative estimate of drug-likeness (QED) is 0.887. The number of hydrogen-bond donors (Lipinski definition) is 1. The topological polar surface area (TPSA) is 15.3 Å². The summed E-state index contributed by atoms with van der Waals surface area (Å²) in [4.78, 5) is 2.60. The molecule has 1 saturated heterocycles. The molecule has 0 radical (unpaired) electrons. The molecule has 1 aromatic rings. The molecule has 1 aliphatic heterocycles. The van der Waals surface area contributed by atoms with Gasteiger partial charge in [-0.05, 0) is 56.3 Å². The summed E-state index contributed by atoms with van der Waals surface area (Å²) in [6.45, 7) is 12.3. The van der Waals surface area contributed by atoms with Crippen molar-refractivity contribution in [2.75, 3.05) is 18.0 Å². The van der Waals surface area contributed by atoms with Gasteiger partial charge in [-0.1, -0.05) is 26.0 Å². The zero-order valence-electron chi connectivity index (χ0n) is 12.9. The fourth-order valence-corrected chi connectivity index (χ4v) is 3.04. The van der Waals surface area contributed by atoms with Crippen molar-refractivity contribution in [1.29, 1.82) is 0 Å². The van der Waals surface area contributed by atoms with Crippen molar-refractivity contribution in [3.8, 4) is 0 Å². The van der Waals surface area contributed by atoms with Crippen LogP contribution < -0.4 is 10.2 Å². The molecule has 0 aliphatic carbocycles. The fraction of sp³-hybridized carbons (Fsp3) is 0.647. The number of aryl methyl sites for hydroxylation is 1. The molecule has 106 valence electrons. The number of piperidine rings is 1. The first-order chi connectivity index (χ1) is 9.11. The van der Waals surface area contributed by atoms with Crippen LogP contribution >= 0.6 is 0 Å². The highest BCUT2D eigenvalue weighted by atomic mass is 15.2. The second-order valence-corrected chi connectivity index (χ2v) is 6.09. The molecule has 0 spiro atoms. The van der Waals surface area contributed by atoms with Crippen molar-refractivity contribution in [1.82, 2.24) is 5.32 Å². The van der Waals surface area contributed by atoms with Gasteiger partial charge in [0.1, 0.15) is 0 Å². The van der Waals surface area contributed by atoms with Crippen LogP contribution in [0.1, 0.15) is 44.7 Å². The number of hydrogen-bond acceptors (Lipinski definition) is 2. The second-order valence-electron chi connectivity index (χ2n) is 6.09. The van der Waals surface area contributed by atoms with E-state index in [0.29, 0.717) is 6.04 Å². The van der Waals surface area contributed by atoms with Crippen LogP contribution in [0.2, 0.25) is 0 Å². The normalized spacial score (nSPS) is 23.7. The van der Waals surface area contributed by atoms with E-state index >= 15 is 0 Å². The van der Waals surface area contributed by atoms with E-state index in [1.807, 2.05) is 0 Å². The van der Waals surface area contributed by atoms with Crippen LogP contribution in [-0.4, -0.2) is 19.1 Å². The Labute approximate surface area is 118 Å². The van der Waals surface area contributed by atoms with Crippen LogP contribution in [0, 0.1) is 12.8 Å². The molecule has 0 bridgehead atoms. The number of rotatable bonds is 4. The van der Waals surface area contributed by atoms with Gasteiger partial charge in [0.25, 0.3) is 0 Å². The predicted molar refractivity (Wildman–Crippen MR) is 83.8 cm³/mol. The largest absolute Gasteiger partial charge is 0.368 e. The molecule has 0 aromatic heterocycles. The number of anilines is 1. The molecule has 2 rings (SSSR count). The summed E-state index contributed by atoms with van der Waals surface area (Å²) in [7, 11) is 0. The maximum absolute atomic E-state index is 3.39. The standard InChI is InChI=1S/C17H28N2/c1-5-18-11-16-8-9-17(14(3)10-16)19-12-13(2)6-7-15(19)4/h8-10,13,15,18H,5-7,11-12H2,1-4H3. The lowest BCUT2D eigenvalue weighted by Crippen LogP contribution is -2.41. The van der Waals surface area contributed by atoms with Gasteiger partial charge < -0.3 is 10.2 Å². The van der Waals surface area contributed by atoms with Crippen LogP contribution in [0.4, 0.5) is 5.69 Å². The van der Waals surface area contributed by atoms with Crippen LogP contribution in [-0.2, 0) is 6.54 Å². The van der Waals surface area contributed by atoms with Crippen molar-refractivity contribution >= 4 is 5.69 Å². The SMILES string of the molecule is CCNCc1ccc(N2CC(C)CCC2C)c(C)c1. The molecular weight excluding hydrogens is 232 g/mol. The second kappa shape index (κ2) is 6.42. The van der Waals surface area contributed by atoms with Crippen LogP contribution in [0.3, 0.4) is 0 Å². The Balaban J connectivity index is 2.15. The van der Waals surface area contributed by atoms with Crippen LogP contribution in [0.15, 0.2) is 18.2 Å². The van der Waals surface area contributed by atoms with Gasteiger partial charge in [-0.3, -0.25) is 0 Å². The van der Waals surface area contributed by atoms with Gasteiger partial charge in [-0.25, -0.2) is 0 Å². The number of nitrogens with zero attached hydrogens (tertiary/aromatic N) is 1. The third kappa shape index (κ3) is 3.50. The van der Waals surface area contributed by atoms with Crippen LogP contribution in [0.25, 0.3) is 0 Å². The number of nitrogens with one attached hydrogen (secondary N) is 1. The molecule has 0 saturated carbocycles. The van der Waals surface area contributed by atoms with E-state index < -0.39 is 0 Å². The Kier molecular flexibility index (Phi) is 4.87. The molecule has 2 atom stereocenters. The summed E-state index contributed by atoms with van der Waals surface area (Å²) in [6.07, 6.45) is 2.69. The summed E-state index contributed by atoms with van der Waals surface area (Å²) < 4.78 is 0. The average Bonchev–Trinajstić information content (AvgIpc) is 2.40. The van der Waals surface area contributed by atoms with Crippen molar-refractivity contribution in [2.24, 2.45) is 5.92 Å². The van der Waals surface area contributed by atoms with Gasteiger partial charge in [-0.15, -0.1) is 0 Å². The van der Waals surface area contributed by atoms with E-state index in [2.05, 4.69) is 56.1 Å². The summed E-state index contributed by atoms with van der Waals surface area (Å²) >= 11 is 0. The molecule has 1 aromatic carbocycles. The van der Waals surface area contributed by atoms with E-state index in [4.69, 9.17) is 0 Å². The van der Waals surface area contributed by atoms with E-state index in [1.54, 1.807) is 0 Å². The molecule has 1 fully saturated rings. The summed E-state index contributed by atoms with van der Waals surface area (Å²) in [6, 6.07) is 7.60. The first-order valence-corrected chi connectivity index (χ1v) is 7.68. The maximum atomic E-state index is 3.39. The Morgan fingerprint density at radius 1 is 1.26 bits per heavy atom. The lowest BCUT2D eigenvalue weighted by atomic mass is 9.93. The summed E-state index contributed by atoms with van der Waals surface area (Å²) in [5.74, 6) is 0.817. The summed E-state index contributed by atoms with van der Waals surface area (Å²) in [5.41, 5.74) is 4.23. The van der Waals surface area contributed by atoms with Crippen LogP contribution in [0.5, 0.6) is 0 Å². The zero-order chi connectivity index (χ0) is 13.8. The molecule has 1 heterocycles. The smallest absolute Gasteiger partial charge is 0.0398 e. The summed E-state index contributed by atoms with van der Waals surface area (Å²) in [5, 5.41) is 3.39. The van der Waals surface area contributed by atoms with Crippen molar-refractivity contribution < 1.29 is 0 Å². The van der Waals surface area contributed by atoms with Gasteiger partial charge >= 0.3 is 0 Å². The first kappa shape index (κ1) is 14.4. The zero-order valence-corrected chi connectivity index (χ0v) is 12.9. The van der Waals surface area contributed by atoms with E-state index in [-0.39, 0.29) is 0 Å². The van der Waals surface area contributed by atoms with Gasteiger partial charge in [0.2, 0.25) is 0 Å². The molecule has 2 heteroatoms. The average molecular weight is 260 g/mol. The van der Waals surface area contributed by atoms with E-state index in [9.17, 15) is 0 Å². The van der Waals surface area contributed by atoms with E-state index in [1.165, 1.54) is 36.2 Å². The van der Waals surface area contributed by atoms with Gasteiger partial charge in [0.05, 0.1) is 0 Å². The molecule has 1 aliphatic rings. The van der Waals surface area contributed by atoms with E-state index in [0.717, 1.165) is 19.0 Å². The lowest BCUT2D eigenvalue weighted by molar-refractivity contribution is 0.390. The van der Waals surface area contributed by atoms with Gasteiger partial charge in [-0.2, -0.15) is 0 Å². The highest BCUT2D eigenvalue weighted by molar-refractivity contribution is 5.55. The minimum atomic E-state index is 0.675. The van der Waals surface area contributed by atoms with Crippen molar-refractivity contribution in [3.63, 3.8) is 0 Å². The van der Waals surface area contributed by atoms with Gasteiger partial charge in [0, 0.05) is 24.8 Å². The van der Waals surface area contributed by atoms with Crippen molar-refractivity contribution in [3.05, 3.63) is 29.3 Å². The molecule has 1 N–H and O–H groups in total. The highest BCUT2D eigenvalue weighted by Crippen LogP contribution is 2.30. The Hall–Kier alpha value is -1.02. The number of benzene rings is 1. The molecular formula is C17H28N2. The molecule has 2 nitrogen and oxygen atoms in total. The third-order valence-electron chi connectivity index (χ3n) is 4.27. The maximum Gasteiger partial charge on any atom is 0.0398 e.